The van der Waals surface area contributed by atoms with Crippen molar-refractivity contribution in [3.8, 4) is 39.8 Å². The Morgan fingerprint density at radius 1 is 1.00 bits per heavy atom. The summed E-state index contributed by atoms with van der Waals surface area (Å²) in [5.41, 5.74) is 5.68. The lowest BCUT2D eigenvalue weighted by Crippen LogP contribution is -2.41. The molecule has 6 aromatic rings. The molecular formula is C41H35Cl2N5O6. The highest BCUT2D eigenvalue weighted by Gasteiger charge is 2.61. The predicted molar refractivity (Wildman–Crippen MR) is 202 cm³/mol. The zero-order valence-electron chi connectivity index (χ0n) is 29.7. The number of carbonyl (C=O) groups excluding carboxylic acids is 2. The fraction of sp³-hybridized carbons (Fsp3) is 0.317. The number of fused-ring (bicyclic) bond motifs is 7. The van der Waals surface area contributed by atoms with Gasteiger partial charge in [0, 0.05) is 45.6 Å². The molecule has 10 rings (SSSR count). The zero-order valence-corrected chi connectivity index (χ0v) is 31.2. The van der Waals surface area contributed by atoms with Gasteiger partial charge in [0.1, 0.15) is 28.5 Å². The molecule has 54 heavy (non-hydrogen) atoms. The first-order valence-corrected chi connectivity index (χ1v) is 18.9. The van der Waals surface area contributed by atoms with Crippen molar-refractivity contribution < 1.29 is 28.3 Å². The molecular weight excluding hydrogens is 729 g/mol. The molecule has 4 N–H and O–H groups in total. The Labute approximate surface area is 319 Å². The number of halogens is 2. The number of carbonyl (C=O) groups is 2. The summed E-state index contributed by atoms with van der Waals surface area (Å²) in [5, 5.41) is 18.8. The highest BCUT2D eigenvalue weighted by Crippen LogP contribution is 2.62. The number of hydrogen-bond acceptors (Lipinski definition) is 9. The minimum Gasteiger partial charge on any atom is -0.469 e. The molecule has 7 heterocycles. The molecule has 1 spiro atoms. The number of oxazole rings is 2. The van der Waals surface area contributed by atoms with Crippen LogP contribution in [0.5, 0.6) is 5.75 Å². The third kappa shape index (κ3) is 4.52. The van der Waals surface area contributed by atoms with E-state index in [2.05, 4.69) is 27.8 Å². The van der Waals surface area contributed by atoms with Gasteiger partial charge < -0.3 is 34.3 Å². The van der Waals surface area contributed by atoms with Crippen molar-refractivity contribution in [3.63, 3.8) is 0 Å². The SMILES string of the molecule is CC(C)[C@H](O)C(=O)C[C@H]1Cc2ccc3c(c2)[C@]24c5cccc(c5NC2O3)-c2cccc3[nH]c(Cl)c(c23)-c2oc(nc2Cl)-c2nc(oc24)[C@H](C(C)C)NC1=O. The minimum absolute atomic E-state index is 0.0955. The molecule has 4 aliphatic rings. The van der Waals surface area contributed by atoms with E-state index in [0.29, 0.717) is 27.9 Å². The lowest BCUT2D eigenvalue weighted by molar-refractivity contribution is -0.135. The maximum atomic E-state index is 14.3. The van der Waals surface area contributed by atoms with Gasteiger partial charge in [-0.05, 0) is 41.5 Å². The molecule has 274 valence electrons. The monoisotopic (exact) mass is 763 g/mol. The number of benzene rings is 3. The molecule has 0 fully saturated rings. The normalized spacial score (nSPS) is 22.3. The van der Waals surface area contributed by atoms with E-state index in [4.69, 9.17) is 46.7 Å². The molecule has 13 heteroatoms. The number of amides is 1. The van der Waals surface area contributed by atoms with Gasteiger partial charge in [-0.1, -0.05) is 93.4 Å². The molecule has 0 saturated carbocycles. The molecule has 5 atom stereocenters. The van der Waals surface area contributed by atoms with E-state index in [1.165, 1.54) is 0 Å². The summed E-state index contributed by atoms with van der Waals surface area (Å²) in [6, 6.07) is 17.2. The maximum absolute atomic E-state index is 14.3. The van der Waals surface area contributed by atoms with Crippen LogP contribution >= 0.6 is 23.2 Å². The third-order valence-electron chi connectivity index (χ3n) is 11.4. The second-order valence-corrected chi connectivity index (χ2v) is 16.1. The lowest BCUT2D eigenvalue weighted by Gasteiger charge is -2.28. The summed E-state index contributed by atoms with van der Waals surface area (Å²) in [7, 11) is 0. The van der Waals surface area contributed by atoms with Crippen LogP contribution in [0.4, 0.5) is 5.69 Å². The summed E-state index contributed by atoms with van der Waals surface area (Å²) in [4.78, 5) is 40.7. The number of aliphatic hydroxyl groups excluding tert-OH is 1. The Bertz CT molecular complexity index is 2590. The van der Waals surface area contributed by atoms with Crippen LogP contribution in [0.15, 0.2) is 63.4 Å². The number of aliphatic hydroxyl groups is 1. The van der Waals surface area contributed by atoms with Crippen LogP contribution in [0.25, 0.3) is 44.9 Å². The average Bonchev–Trinajstić information content (AvgIpc) is 3.94. The average molecular weight is 765 g/mol. The van der Waals surface area contributed by atoms with E-state index in [1.807, 2.05) is 56.3 Å². The van der Waals surface area contributed by atoms with Gasteiger partial charge in [0.05, 0.1) is 5.56 Å². The highest BCUT2D eigenvalue weighted by molar-refractivity contribution is 6.37. The van der Waals surface area contributed by atoms with Crippen molar-refractivity contribution in [2.75, 3.05) is 5.32 Å². The zero-order chi connectivity index (χ0) is 37.4. The first-order chi connectivity index (χ1) is 25.9. The van der Waals surface area contributed by atoms with Crippen molar-refractivity contribution in [1.82, 2.24) is 20.3 Å². The quantitative estimate of drug-likeness (QED) is 0.136. The van der Waals surface area contributed by atoms with Crippen LogP contribution in [0, 0.1) is 17.8 Å². The van der Waals surface area contributed by atoms with E-state index < -0.39 is 29.7 Å². The topological polar surface area (TPSA) is 156 Å². The largest absolute Gasteiger partial charge is 0.469 e. The first kappa shape index (κ1) is 33.5. The fourth-order valence-electron chi connectivity index (χ4n) is 8.81. The molecule has 10 bridgehead atoms. The van der Waals surface area contributed by atoms with E-state index in [9.17, 15) is 14.7 Å². The molecule has 0 radical (unpaired) electrons. The predicted octanol–water partition coefficient (Wildman–Crippen LogP) is 8.21. The van der Waals surface area contributed by atoms with Crippen molar-refractivity contribution in [2.24, 2.45) is 17.8 Å². The van der Waals surface area contributed by atoms with Crippen molar-refractivity contribution in [2.45, 2.75) is 64.3 Å². The van der Waals surface area contributed by atoms with Gasteiger partial charge in [0.25, 0.3) is 5.89 Å². The minimum atomic E-state index is -1.19. The van der Waals surface area contributed by atoms with Crippen LogP contribution in [-0.4, -0.2) is 44.1 Å². The van der Waals surface area contributed by atoms with Crippen molar-refractivity contribution >= 4 is 51.5 Å². The maximum Gasteiger partial charge on any atom is 0.250 e. The van der Waals surface area contributed by atoms with Crippen molar-refractivity contribution in [3.05, 3.63) is 93.2 Å². The molecule has 11 nitrogen and oxygen atoms in total. The Morgan fingerprint density at radius 3 is 2.59 bits per heavy atom. The van der Waals surface area contributed by atoms with Gasteiger partial charge in [-0.15, -0.1) is 0 Å². The van der Waals surface area contributed by atoms with E-state index >= 15 is 0 Å². The van der Waals surface area contributed by atoms with Crippen LogP contribution in [-0.2, 0) is 21.4 Å². The van der Waals surface area contributed by atoms with Gasteiger partial charge in [0.15, 0.2) is 34.4 Å². The number of anilines is 1. The van der Waals surface area contributed by atoms with E-state index in [0.717, 1.165) is 44.4 Å². The number of Topliss-reactive ketones (excluding diaryl/α,β-unsaturated/α-hetero) is 1. The smallest absolute Gasteiger partial charge is 0.250 e. The molecule has 1 unspecified atom stereocenters. The summed E-state index contributed by atoms with van der Waals surface area (Å²) in [6.07, 6.45) is -1.77. The number of H-pyrrole nitrogens is 1. The number of nitrogens with one attached hydrogen (secondary N) is 3. The summed E-state index contributed by atoms with van der Waals surface area (Å²) in [6.45, 7) is 7.48. The second-order valence-electron chi connectivity index (χ2n) is 15.4. The van der Waals surface area contributed by atoms with Gasteiger partial charge in [0.2, 0.25) is 11.8 Å². The molecule has 1 amide bonds. The second kappa shape index (κ2) is 11.7. The van der Waals surface area contributed by atoms with Crippen molar-refractivity contribution in [1.29, 1.82) is 0 Å². The lowest BCUT2D eigenvalue weighted by atomic mass is 9.72. The third-order valence-corrected chi connectivity index (χ3v) is 12.0. The molecule has 3 aromatic heterocycles. The highest BCUT2D eigenvalue weighted by atomic mass is 35.5. The Kier molecular flexibility index (Phi) is 7.25. The molecule has 0 aliphatic carbocycles. The number of hydrogen-bond donors (Lipinski definition) is 4. The number of para-hydroxylation sites is 1. The van der Waals surface area contributed by atoms with Crippen LogP contribution in [0.3, 0.4) is 0 Å². The Balaban J connectivity index is 1.30. The summed E-state index contributed by atoms with van der Waals surface area (Å²) >= 11 is 13.9. The number of nitrogens with zero attached hydrogens (tertiary/aromatic N) is 2. The number of ketones is 1. The summed E-state index contributed by atoms with van der Waals surface area (Å²) in [5.74, 6) is -0.343. The number of aromatic nitrogens is 3. The standard InChI is InChI=1S/C41H35Cl2N5O6/c1-16(2)29-38-46-31-34(54-38)41-22-9-5-8-21(20-7-6-10-24-27(20)28(35(42)44-24)33-36(43)48-39(31)53-33)30(22)47-40(41)52-26-12-11-18(14-23(26)41)13-19(37(51)45-29)15-25(49)32(50)17(3)4/h5-12,14,16-17,19,29,32,40,44,47,50H,13,15H2,1-4H3,(H,45,51)/t19-,29+,32+,40?,41+/m1/s1. The fourth-order valence-corrected chi connectivity index (χ4v) is 9.30. The van der Waals surface area contributed by atoms with E-state index in [-0.39, 0.29) is 59.1 Å². The van der Waals surface area contributed by atoms with Crippen LogP contribution in [0.1, 0.15) is 68.5 Å². The van der Waals surface area contributed by atoms with Gasteiger partial charge in [-0.3, -0.25) is 9.59 Å². The van der Waals surface area contributed by atoms with Crippen LogP contribution < -0.4 is 15.4 Å². The molecule has 4 aliphatic heterocycles. The Morgan fingerprint density at radius 2 is 1.80 bits per heavy atom. The Hall–Kier alpha value is -5.10. The number of rotatable bonds is 5. The van der Waals surface area contributed by atoms with Crippen LogP contribution in [0.2, 0.25) is 10.3 Å². The first-order valence-electron chi connectivity index (χ1n) is 18.2. The van der Waals surface area contributed by atoms with Gasteiger partial charge in [-0.25, -0.2) is 4.98 Å². The molecule has 0 saturated heterocycles. The summed E-state index contributed by atoms with van der Waals surface area (Å²) < 4.78 is 20.4. The number of ether oxygens (including phenoxy) is 1. The van der Waals surface area contributed by atoms with Gasteiger partial charge >= 0.3 is 0 Å². The molecule has 3 aromatic carbocycles. The van der Waals surface area contributed by atoms with Gasteiger partial charge in [-0.2, -0.15) is 4.98 Å². The number of aromatic amines is 1. The van der Waals surface area contributed by atoms with E-state index in [1.54, 1.807) is 13.8 Å².